The Morgan fingerprint density at radius 3 is 2.93 bits per heavy atom. The number of benzene rings is 1. The molecule has 0 N–H and O–H groups in total. The zero-order valence-electron chi connectivity index (χ0n) is 14.6. The number of aryl methyl sites for hydroxylation is 1. The maximum atomic E-state index is 10.8. The summed E-state index contributed by atoms with van der Waals surface area (Å²) in [6, 6.07) is 8.32. The van der Waals surface area contributed by atoms with Crippen LogP contribution in [0.1, 0.15) is 17.1 Å². The van der Waals surface area contributed by atoms with Crippen molar-refractivity contribution >= 4 is 35.0 Å². The zero-order chi connectivity index (χ0) is 19.5. The number of hydrogen-bond donors (Lipinski definition) is 0. The van der Waals surface area contributed by atoms with E-state index in [1.165, 1.54) is 35.7 Å². The molecule has 0 saturated heterocycles. The van der Waals surface area contributed by atoms with E-state index in [0.717, 1.165) is 11.3 Å². The number of aromatic nitrogens is 6. The van der Waals surface area contributed by atoms with Crippen molar-refractivity contribution in [3.05, 3.63) is 63.8 Å². The molecular formula is C16H13N7O3S2. The topological polar surface area (TPSA) is 125 Å². The largest absolute Gasteiger partial charge is 0.415 e. The van der Waals surface area contributed by atoms with Crippen molar-refractivity contribution < 1.29 is 9.34 Å². The average Bonchev–Trinajstić information content (AvgIpc) is 3.31. The Morgan fingerprint density at radius 2 is 2.07 bits per heavy atom. The molecule has 4 rings (SSSR count). The fourth-order valence-corrected chi connectivity index (χ4v) is 3.68. The fourth-order valence-electron chi connectivity index (χ4n) is 2.29. The quantitative estimate of drug-likeness (QED) is 0.252. The van der Waals surface area contributed by atoms with Gasteiger partial charge in [0, 0.05) is 29.8 Å². The van der Waals surface area contributed by atoms with E-state index in [1.54, 1.807) is 10.6 Å². The number of thioether (sulfide) groups is 2. The molecule has 12 heteroatoms. The lowest BCUT2D eigenvalue weighted by atomic mass is 10.2. The molecule has 0 bridgehead atoms. The van der Waals surface area contributed by atoms with Crippen molar-refractivity contribution in [1.29, 1.82) is 0 Å². The fraction of sp³-hybridized carbons (Fsp3) is 0.188. The van der Waals surface area contributed by atoms with Gasteiger partial charge in [0.15, 0.2) is 0 Å². The van der Waals surface area contributed by atoms with Gasteiger partial charge in [0.1, 0.15) is 0 Å². The summed E-state index contributed by atoms with van der Waals surface area (Å²) >= 11 is 2.70. The maximum Gasteiger partial charge on any atom is 0.276 e. The molecule has 10 nitrogen and oxygen atoms in total. The van der Waals surface area contributed by atoms with Crippen LogP contribution in [0.25, 0.3) is 5.78 Å². The number of nitro benzene ring substituents is 1. The number of fused-ring (bicyclic) bond motifs is 1. The normalized spacial score (nSPS) is 11.2. The lowest BCUT2D eigenvalue weighted by Gasteiger charge is -1.98. The van der Waals surface area contributed by atoms with E-state index in [-0.39, 0.29) is 5.69 Å². The van der Waals surface area contributed by atoms with Gasteiger partial charge in [-0.05, 0) is 18.6 Å². The predicted molar refractivity (Wildman–Crippen MR) is 102 cm³/mol. The third kappa shape index (κ3) is 4.28. The minimum Gasteiger partial charge on any atom is -0.415 e. The van der Waals surface area contributed by atoms with E-state index >= 15 is 0 Å². The van der Waals surface area contributed by atoms with Crippen LogP contribution in [0.3, 0.4) is 0 Å². The van der Waals surface area contributed by atoms with Crippen LogP contribution in [-0.2, 0) is 11.5 Å². The van der Waals surface area contributed by atoms with Crippen molar-refractivity contribution in [2.75, 3.05) is 0 Å². The molecule has 3 heterocycles. The second kappa shape index (κ2) is 7.94. The molecule has 0 radical (unpaired) electrons. The molecule has 0 aliphatic carbocycles. The number of hydrogen-bond acceptors (Lipinski definition) is 10. The van der Waals surface area contributed by atoms with Crippen LogP contribution in [0.4, 0.5) is 5.69 Å². The summed E-state index contributed by atoms with van der Waals surface area (Å²) in [6.07, 6.45) is 1.81. The highest BCUT2D eigenvalue weighted by molar-refractivity contribution is 7.98. The first kappa shape index (κ1) is 18.4. The molecule has 0 amide bonds. The molecule has 1 aromatic carbocycles. The van der Waals surface area contributed by atoms with Gasteiger partial charge >= 0.3 is 0 Å². The molecule has 3 aromatic heterocycles. The first-order chi connectivity index (χ1) is 13.6. The average molecular weight is 415 g/mol. The van der Waals surface area contributed by atoms with Crippen LogP contribution >= 0.6 is 23.5 Å². The van der Waals surface area contributed by atoms with Gasteiger partial charge in [0.2, 0.25) is 11.0 Å². The first-order valence-electron chi connectivity index (χ1n) is 8.08. The van der Waals surface area contributed by atoms with Crippen molar-refractivity contribution in [3.8, 4) is 0 Å². The summed E-state index contributed by atoms with van der Waals surface area (Å²) in [5.41, 5.74) is 1.74. The lowest BCUT2D eigenvalue weighted by molar-refractivity contribution is -0.384. The van der Waals surface area contributed by atoms with Gasteiger partial charge in [-0.25, -0.2) is 9.50 Å². The van der Waals surface area contributed by atoms with Gasteiger partial charge in [-0.15, -0.1) is 15.3 Å². The minimum atomic E-state index is -0.416. The van der Waals surface area contributed by atoms with Gasteiger partial charge in [-0.2, -0.15) is 4.98 Å². The van der Waals surface area contributed by atoms with Crippen LogP contribution < -0.4 is 0 Å². The molecule has 0 atom stereocenters. The van der Waals surface area contributed by atoms with E-state index in [0.29, 0.717) is 33.6 Å². The summed E-state index contributed by atoms with van der Waals surface area (Å²) in [5.74, 6) is 1.92. The van der Waals surface area contributed by atoms with E-state index in [4.69, 9.17) is 4.42 Å². The Balaban J connectivity index is 1.35. The molecule has 142 valence electrons. The van der Waals surface area contributed by atoms with Gasteiger partial charge in [0.25, 0.3) is 16.7 Å². The van der Waals surface area contributed by atoms with E-state index < -0.39 is 4.92 Å². The highest BCUT2D eigenvalue weighted by Crippen LogP contribution is 2.25. The van der Waals surface area contributed by atoms with E-state index in [9.17, 15) is 10.1 Å². The summed E-state index contributed by atoms with van der Waals surface area (Å²) in [5, 5.41) is 24.1. The summed E-state index contributed by atoms with van der Waals surface area (Å²) in [4.78, 5) is 19.1. The van der Waals surface area contributed by atoms with Crippen molar-refractivity contribution in [1.82, 2.24) is 29.8 Å². The van der Waals surface area contributed by atoms with Crippen molar-refractivity contribution in [3.63, 3.8) is 0 Å². The second-order valence-electron chi connectivity index (χ2n) is 5.67. The van der Waals surface area contributed by atoms with Crippen LogP contribution in [0.15, 0.2) is 51.3 Å². The number of non-ortho nitro benzene ring substituents is 1. The molecule has 0 saturated carbocycles. The SMILES string of the molecule is Cc1ccn2nc(SCc3nnc(SCc4cccc([N+](=O)[O-])c4)o3)nc2n1. The maximum absolute atomic E-state index is 10.8. The molecular weight excluding hydrogens is 402 g/mol. The second-order valence-corrected chi connectivity index (χ2v) is 7.54. The molecule has 0 spiro atoms. The Labute approximate surface area is 166 Å². The Kier molecular flexibility index (Phi) is 5.21. The zero-order valence-corrected chi connectivity index (χ0v) is 16.2. The van der Waals surface area contributed by atoms with Gasteiger partial charge in [0.05, 0.1) is 10.7 Å². The first-order valence-corrected chi connectivity index (χ1v) is 10.1. The summed E-state index contributed by atoms with van der Waals surface area (Å²) < 4.78 is 7.22. The Bertz CT molecular complexity index is 1140. The number of nitro groups is 1. The molecule has 0 fully saturated rings. The van der Waals surface area contributed by atoms with Gasteiger partial charge in [-0.1, -0.05) is 35.7 Å². The van der Waals surface area contributed by atoms with Crippen LogP contribution in [0, 0.1) is 17.0 Å². The lowest BCUT2D eigenvalue weighted by Crippen LogP contribution is -1.90. The Hall–Kier alpha value is -2.99. The van der Waals surface area contributed by atoms with Gasteiger partial charge < -0.3 is 4.42 Å². The number of nitrogens with zero attached hydrogens (tertiary/aromatic N) is 7. The number of rotatable bonds is 7. The molecule has 28 heavy (non-hydrogen) atoms. The van der Waals surface area contributed by atoms with Crippen LogP contribution in [0.2, 0.25) is 0 Å². The minimum absolute atomic E-state index is 0.0605. The van der Waals surface area contributed by atoms with Crippen LogP contribution in [0.5, 0.6) is 0 Å². The summed E-state index contributed by atoms with van der Waals surface area (Å²) in [6.45, 7) is 1.90. The smallest absolute Gasteiger partial charge is 0.276 e. The Morgan fingerprint density at radius 1 is 1.18 bits per heavy atom. The highest BCUT2D eigenvalue weighted by Gasteiger charge is 2.12. The molecule has 0 aliphatic rings. The van der Waals surface area contributed by atoms with Gasteiger partial charge in [-0.3, -0.25) is 10.1 Å². The standard InChI is InChI=1S/C16H13N7O3S2/c1-10-5-6-22-14(17-10)18-15(21-22)27-9-13-19-20-16(26-13)28-8-11-3-2-4-12(7-11)23(24)25/h2-7H,8-9H2,1H3. The third-order valence-electron chi connectivity index (χ3n) is 3.58. The molecule has 4 aromatic rings. The molecule has 0 unspecified atom stereocenters. The highest BCUT2D eigenvalue weighted by atomic mass is 32.2. The van der Waals surface area contributed by atoms with Crippen LogP contribution in [-0.4, -0.2) is 34.7 Å². The van der Waals surface area contributed by atoms with Crippen molar-refractivity contribution in [2.24, 2.45) is 0 Å². The predicted octanol–water partition coefficient (Wildman–Crippen LogP) is 3.31. The third-order valence-corrected chi connectivity index (χ3v) is 5.30. The van der Waals surface area contributed by atoms with Crippen molar-refractivity contribution in [2.45, 2.75) is 28.8 Å². The van der Waals surface area contributed by atoms with E-state index in [2.05, 4.69) is 25.3 Å². The monoisotopic (exact) mass is 415 g/mol. The van der Waals surface area contributed by atoms with E-state index in [1.807, 2.05) is 25.3 Å². The molecule has 0 aliphatic heterocycles. The summed E-state index contributed by atoms with van der Waals surface area (Å²) in [7, 11) is 0.